The second kappa shape index (κ2) is 6.91. The van der Waals surface area contributed by atoms with Gasteiger partial charge < -0.3 is 4.74 Å². The predicted octanol–water partition coefficient (Wildman–Crippen LogP) is 1.36. The van der Waals surface area contributed by atoms with Crippen LogP contribution in [-0.4, -0.2) is 38.1 Å². The first kappa shape index (κ1) is 16.5. The fourth-order valence-corrected chi connectivity index (χ4v) is 4.00. The molecule has 1 aliphatic heterocycles. The maximum absolute atomic E-state index is 11.9. The van der Waals surface area contributed by atoms with Gasteiger partial charge in [-0.05, 0) is 50.1 Å². The third kappa shape index (κ3) is 4.30. The van der Waals surface area contributed by atoms with Crippen LogP contribution in [0.4, 0.5) is 0 Å². The lowest BCUT2D eigenvalue weighted by Crippen LogP contribution is -2.28. The highest BCUT2D eigenvalue weighted by atomic mass is 32.2. The Labute approximate surface area is 130 Å². The maximum atomic E-state index is 11.9. The molecule has 0 aliphatic carbocycles. The fraction of sp³-hybridized carbons (Fsp3) is 0.467. The molecule has 0 bridgehead atoms. The van der Waals surface area contributed by atoms with E-state index in [1.165, 1.54) is 0 Å². The Morgan fingerprint density at radius 2 is 2.05 bits per heavy atom. The quantitative estimate of drug-likeness (QED) is 0.654. The van der Waals surface area contributed by atoms with E-state index < -0.39 is 15.8 Å². The van der Waals surface area contributed by atoms with Gasteiger partial charge in [0.05, 0.1) is 29.7 Å². The van der Waals surface area contributed by atoms with Crippen molar-refractivity contribution in [1.29, 1.82) is 0 Å². The van der Waals surface area contributed by atoms with Crippen LogP contribution in [0.15, 0.2) is 29.4 Å². The van der Waals surface area contributed by atoms with Gasteiger partial charge in [0.2, 0.25) is 5.91 Å². The number of hydrazone groups is 1. The summed E-state index contributed by atoms with van der Waals surface area (Å²) in [6.45, 7) is 4.30. The van der Waals surface area contributed by atoms with Gasteiger partial charge in [-0.1, -0.05) is 0 Å². The van der Waals surface area contributed by atoms with Crippen molar-refractivity contribution in [2.45, 2.75) is 20.3 Å². The molecule has 1 aromatic carbocycles. The number of hydrogen-bond acceptors (Lipinski definition) is 5. The van der Waals surface area contributed by atoms with Gasteiger partial charge in [-0.15, -0.1) is 0 Å². The first-order chi connectivity index (χ1) is 10.4. The minimum Gasteiger partial charge on any atom is -0.494 e. The molecule has 7 heteroatoms. The number of carbonyl (C=O) groups excluding carboxylic acids is 1. The highest BCUT2D eigenvalue weighted by molar-refractivity contribution is 7.91. The third-order valence-electron chi connectivity index (χ3n) is 3.52. The number of rotatable bonds is 5. The van der Waals surface area contributed by atoms with Crippen LogP contribution in [0, 0.1) is 5.92 Å². The van der Waals surface area contributed by atoms with Crippen LogP contribution < -0.4 is 10.2 Å². The lowest BCUT2D eigenvalue weighted by molar-refractivity contribution is -0.124. The Hall–Kier alpha value is -1.89. The zero-order valence-electron chi connectivity index (χ0n) is 12.7. The van der Waals surface area contributed by atoms with Crippen molar-refractivity contribution in [3.05, 3.63) is 29.8 Å². The Morgan fingerprint density at radius 1 is 1.36 bits per heavy atom. The van der Waals surface area contributed by atoms with Crippen molar-refractivity contribution >= 4 is 21.5 Å². The lowest BCUT2D eigenvalue weighted by atomic mass is 10.1. The van der Waals surface area contributed by atoms with Crippen LogP contribution in [0.2, 0.25) is 0 Å². The molecule has 120 valence electrons. The molecule has 1 aromatic rings. The molecule has 1 N–H and O–H groups in total. The molecule has 1 aliphatic rings. The van der Waals surface area contributed by atoms with Crippen LogP contribution in [0.1, 0.15) is 25.8 Å². The van der Waals surface area contributed by atoms with E-state index in [2.05, 4.69) is 10.5 Å². The van der Waals surface area contributed by atoms with Crippen molar-refractivity contribution in [3.63, 3.8) is 0 Å². The van der Waals surface area contributed by atoms with Crippen molar-refractivity contribution in [2.24, 2.45) is 11.0 Å². The van der Waals surface area contributed by atoms with E-state index in [-0.39, 0.29) is 17.4 Å². The Morgan fingerprint density at radius 3 is 2.59 bits per heavy atom. The van der Waals surface area contributed by atoms with Gasteiger partial charge in [0, 0.05) is 0 Å². The van der Waals surface area contributed by atoms with Crippen LogP contribution in [0.25, 0.3) is 0 Å². The largest absolute Gasteiger partial charge is 0.494 e. The average Bonchev–Trinajstić information content (AvgIpc) is 2.86. The molecule has 0 spiro atoms. The maximum Gasteiger partial charge on any atom is 0.244 e. The normalized spacial score (nSPS) is 20.6. The molecule has 0 aromatic heterocycles. The molecule has 1 saturated heterocycles. The van der Waals surface area contributed by atoms with Crippen LogP contribution in [-0.2, 0) is 14.6 Å². The molecule has 2 rings (SSSR count). The average molecular weight is 324 g/mol. The summed E-state index contributed by atoms with van der Waals surface area (Å²) in [5.41, 5.74) is 3.97. The van der Waals surface area contributed by atoms with Crippen molar-refractivity contribution in [3.8, 4) is 5.75 Å². The number of amides is 1. The molecule has 1 atom stereocenters. The second-order valence-corrected chi connectivity index (χ2v) is 7.46. The van der Waals surface area contributed by atoms with Crippen LogP contribution in [0.3, 0.4) is 0 Å². The highest BCUT2D eigenvalue weighted by Gasteiger charge is 2.32. The Bertz CT molecular complexity index is 665. The van der Waals surface area contributed by atoms with Crippen molar-refractivity contribution in [2.75, 3.05) is 18.1 Å². The van der Waals surface area contributed by atoms with E-state index in [4.69, 9.17) is 4.74 Å². The lowest BCUT2D eigenvalue weighted by Gasteiger charge is -2.07. The molecular formula is C15H20N2O4S. The molecule has 0 unspecified atom stereocenters. The number of hydrogen-bond donors (Lipinski definition) is 1. The summed E-state index contributed by atoms with van der Waals surface area (Å²) < 4.78 is 28.1. The number of nitrogens with zero attached hydrogens (tertiary/aromatic N) is 1. The molecule has 1 amide bonds. The zero-order valence-corrected chi connectivity index (χ0v) is 13.5. The van der Waals surface area contributed by atoms with E-state index in [1.807, 2.05) is 31.2 Å². The van der Waals surface area contributed by atoms with Crippen LogP contribution >= 0.6 is 0 Å². The van der Waals surface area contributed by atoms with E-state index >= 15 is 0 Å². The van der Waals surface area contributed by atoms with E-state index in [0.717, 1.165) is 11.3 Å². The number of nitrogens with one attached hydrogen (secondary N) is 1. The van der Waals surface area contributed by atoms with E-state index in [0.29, 0.717) is 18.7 Å². The topological polar surface area (TPSA) is 84.8 Å². The minimum absolute atomic E-state index is 0.0761. The third-order valence-corrected chi connectivity index (χ3v) is 5.29. The minimum atomic E-state index is -3.06. The van der Waals surface area contributed by atoms with Crippen molar-refractivity contribution < 1.29 is 17.9 Å². The molecule has 0 saturated carbocycles. The number of carbonyl (C=O) groups is 1. The SMILES string of the molecule is CCOc1ccc(/C(C)=N\NC(=O)[C@@H]2CCS(=O)(=O)C2)cc1. The second-order valence-electron chi connectivity index (χ2n) is 5.23. The standard InChI is InChI=1S/C15H20N2O4S/c1-3-21-14-6-4-12(5-7-14)11(2)16-17-15(18)13-8-9-22(19,20)10-13/h4-7,13H,3,8-10H2,1-2H3,(H,17,18)/b16-11-/t13-/m1/s1. The fourth-order valence-electron chi connectivity index (χ4n) is 2.26. The number of sulfone groups is 1. The number of ether oxygens (including phenoxy) is 1. The van der Waals surface area contributed by atoms with Gasteiger partial charge in [-0.3, -0.25) is 4.79 Å². The van der Waals surface area contributed by atoms with Gasteiger partial charge in [0.1, 0.15) is 5.75 Å². The molecular weight excluding hydrogens is 304 g/mol. The summed E-state index contributed by atoms with van der Waals surface area (Å²) in [6, 6.07) is 7.39. The van der Waals surface area contributed by atoms with Gasteiger partial charge in [-0.25, -0.2) is 13.8 Å². The molecule has 1 heterocycles. The van der Waals surface area contributed by atoms with Gasteiger partial charge >= 0.3 is 0 Å². The van der Waals surface area contributed by atoms with Crippen LogP contribution in [0.5, 0.6) is 5.75 Å². The summed E-state index contributed by atoms with van der Waals surface area (Å²) >= 11 is 0. The Kier molecular flexibility index (Phi) is 5.18. The predicted molar refractivity (Wildman–Crippen MR) is 84.7 cm³/mol. The highest BCUT2D eigenvalue weighted by Crippen LogP contribution is 2.18. The zero-order chi connectivity index (χ0) is 16.2. The van der Waals surface area contributed by atoms with E-state index in [1.54, 1.807) is 6.92 Å². The summed E-state index contributed by atoms with van der Waals surface area (Å²) in [5, 5.41) is 4.04. The molecule has 1 fully saturated rings. The van der Waals surface area contributed by atoms with Gasteiger partial charge in [0.15, 0.2) is 9.84 Å². The summed E-state index contributed by atoms with van der Waals surface area (Å²) in [6.07, 6.45) is 0.367. The summed E-state index contributed by atoms with van der Waals surface area (Å²) in [5.74, 6) is -0.0733. The van der Waals surface area contributed by atoms with Crippen molar-refractivity contribution in [1.82, 2.24) is 5.43 Å². The Balaban J connectivity index is 1.96. The summed E-state index contributed by atoms with van der Waals surface area (Å²) in [4.78, 5) is 11.9. The van der Waals surface area contributed by atoms with E-state index in [9.17, 15) is 13.2 Å². The monoisotopic (exact) mass is 324 g/mol. The molecule has 22 heavy (non-hydrogen) atoms. The molecule has 0 radical (unpaired) electrons. The van der Waals surface area contributed by atoms with Gasteiger partial charge in [-0.2, -0.15) is 5.10 Å². The molecule has 6 nitrogen and oxygen atoms in total. The first-order valence-electron chi connectivity index (χ1n) is 7.19. The number of benzene rings is 1. The summed E-state index contributed by atoms with van der Waals surface area (Å²) in [7, 11) is -3.06. The smallest absolute Gasteiger partial charge is 0.244 e. The first-order valence-corrected chi connectivity index (χ1v) is 9.01. The van der Waals surface area contributed by atoms with Gasteiger partial charge in [0.25, 0.3) is 0 Å².